The molecule has 8 heteroatoms. The first-order chi connectivity index (χ1) is 9.92. The summed E-state index contributed by atoms with van der Waals surface area (Å²) in [4.78, 5) is 18.0. The lowest BCUT2D eigenvalue weighted by Crippen LogP contribution is -2.39. The van der Waals surface area contributed by atoms with Gasteiger partial charge in [0.15, 0.2) is 5.96 Å². The smallest absolute Gasteiger partial charge is 0.244 e. The third-order valence-corrected chi connectivity index (χ3v) is 4.19. The van der Waals surface area contributed by atoms with Crippen LogP contribution < -0.4 is 10.6 Å². The normalized spacial score (nSPS) is 16.1. The Bertz CT molecular complexity index is 456. The van der Waals surface area contributed by atoms with Crippen LogP contribution in [0, 0.1) is 0 Å². The van der Waals surface area contributed by atoms with E-state index in [1.165, 1.54) is 6.26 Å². The summed E-state index contributed by atoms with van der Waals surface area (Å²) in [5.41, 5.74) is 0. The molecule has 122 valence electrons. The summed E-state index contributed by atoms with van der Waals surface area (Å²) in [6, 6.07) is 0. The molecule has 0 radical (unpaired) electrons. The molecule has 1 rings (SSSR count). The van der Waals surface area contributed by atoms with Crippen molar-refractivity contribution in [1.82, 2.24) is 15.5 Å². The molecule has 1 aliphatic rings. The highest BCUT2D eigenvalue weighted by molar-refractivity contribution is 7.90. The minimum Gasteiger partial charge on any atom is -0.357 e. The number of guanidine groups is 1. The highest BCUT2D eigenvalue weighted by atomic mass is 32.2. The molecule has 2 N–H and O–H groups in total. The van der Waals surface area contributed by atoms with E-state index in [4.69, 9.17) is 0 Å². The van der Waals surface area contributed by atoms with E-state index in [0.717, 1.165) is 25.9 Å². The molecule has 0 spiro atoms. The number of aliphatic imine (C=N–C) groups is 1. The third-order valence-electron chi connectivity index (χ3n) is 3.16. The van der Waals surface area contributed by atoms with Gasteiger partial charge >= 0.3 is 0 Å². The molecule has 1 fully saturated rings. The Hall–Kier alpha value is -1.31. The van der Waals surface area contributed by atoms with Gasteiger partial charge in [-0.1, -0.05) is 0 Å². The lowest BCUT2D eigenvalue weighted by molar-refractivity contribution is -0.128. The van der Waals surface area contributed by atoms with E-state index in [0.29, 0.717) is 25.5 Å². The van der Waals surface area contributed by atoms with E-state index >= 15 is 0 Å². The fraction of sp³-hybridized carbons (Fsp3) is 0.846. The molecule has 1 aliphatic heterocycles. The standard InChI is InChI=1S/C13H26N4O3S/c1-3-14-13(15-7-6-10-21(2,19)20)16-11-12(18)17-8-4-5-9-17/h3-11H2,1-2H3,(H2,14,15,16). The summed E-state index contributed by atoms with van der Waals surface area (Å²) in [5, 5.41) is 6.09. The highest BCUT2D eigenvalue weighted by Crippen LogP contribution is 2.07. The zero-order valence-electron chi connectivity index (χ0n) is 12.9. The summed E-state index contributed by atoms with van der Waals surface area (Å²) in [5.74, 6) is 0.742. The number of nitrogens with zero attached hydrogens (tertiary/aromatic N) is 2. The summed E-state index contributed by atoms with van der Waals surface area (Å²) in [7, 11) is -2.93. The van der Waals surface area contributed by atoms with Gasteiger partial charge in [-0.15, -0.1) is 0 Å². The van der Waals surface area contributed by atoms with Crippen molar-refractivity contribution in [2.75, 3.05) is 44.7 Å². The van der Waals surface area contributed by atoms with Crippen molar-refractivity contribution in [2.45, 2.75) is 26.2 Å². The average molecular weight is 318 g/mol. The topological polar surface area (TPSA) is 90.9 Å². The maximum Gasteiger partial charge on any atom is 0.244 e. The van der Waals surface area contributed by atoms with Crippen molar-refractivity contribution < 1.29 is 13.2 Å². The van der Waals surface area contributed by atoms with Crippen LogP contribution in [0.4, 0.5) is 0 Å². The van der Waals surface area contributed by atoms with E-state index in [1.807, 2.05) is 11.8 Å². The molecule has 0 atom stereocenters. The van der Waals surface area contributed by atoms with Crippen LogP contribution >= 0.6 is 0 Å². The maximum atomic E-state index is 11.9. The summed E-state index contributed by atoms with van der Waals surface area (Å²) in [6.45, 7) is 4.92. The molecule has 0 aromatic heterocycles. The number of carbonyl (C=O) groups is 1. The van der Waals surface area contributed by atoms with Gasteiger partial charge in [-0.05, 0) is 26.2 Å². The highest BCUT2D eigenvalue weighted by Gasteiger charge is 2.17. The van der Waals surface area contributed by atoms with Crippen molar-refractivity contribution in [3.63, 3.8) is 0 Å². The summed E-state index contributed by atoms with van der Waals surface area (Å²) >= 11 is 0. The van der Waals surface area contributed by atoms with Gasteiger partial charge in [-0.3, -0.25) is 4.79 Å². The van der Waals surface area contributed by atoms with Gasteiger partial charge in [0, 0.05) is 32.4 Å². The van der Waals surface area contributed by atoms with Crippen LogP contribution in [0.5, 0.6) is 0 Å². The van der Waals surface area contributed by atoms with Gasteiger partial charge in [0.25, 0.3) is 0 Å². The minimum absolute atomic E-state index is 0.0424. The van der Waals surface area contributed by atoms with Crippen molar-refractivity contribution in [2.24, 2.45) is 4.99 Å². The molecule has 0 aromatic carbocycles. The SMILES string of the molecule is CCNC(=NCC(=O)N1CCCC1)NCCCS(C)(=O)=O. The van der Waals surface area contributed by atoms with Gasteiger partial charge in [0.1, 0.15) is 16.4 Å². The fourth-order valence-electron chi connectivity index (χ4n) is 2.10. The first kappa shape index (κ1) is 17.7. The molecule has 0 aliphatic carbocycles. The Labute approximate surface area is 127 Å². The number of likely N-dealkylation sites (tertiary alicyclic amines) is 1. The number of hydrogen-bond acceptors (Lipinski definition) is 4. The Morgan fingerprint density at radius 1 is 1.24 bits per heavy atom. The van der Waals surface area contributed by atoms with Crippen LogP contribution in [0.1, 0.15) is 26.2 Å². The monoisotopic (exact) mass is 318 g/mol. The fourth-order valence-corrected chi connectivity index (χ4v) is 2.76. The van der Waals surface area contributed by atoms with Crippen LogP contribution in [0.15, 0.2) is 4.99 Å². The second-order valence-corrected chi connectivity index (χ2v) is 7.45. The van der Waals surface area contributed by atoms with Crippen molar-refractivity contribution in [3.05, 3.63) is 0 Å². The van der Waals surface area contributed by atoms with Crippen molar-refractivity contribution in [1.29, 1.82) is 0 Å². The van der Waals surface area contributed by atoms with Gasteiger partial charge in [0.2, 0.25) is 5.91 Å². The number of hydrogen-bond donors (Lipinski definition) is 2. The Morgan fingerprint density at radius 2 is 1.90 bits per heavy atom. The molecule has 0 bridgehead atoms. The van der Waals surface area contributed by atoms with E-state index in [9.17, 15) is 13.2 Å². The minimum atomic E-state index is -2.93. The second kappa shape index (κ2) is 8.86. The van der Waals surface area contributed by atoms with E-state index in [2.05, 4.69) is 15.6 Å². The molecule has 7 nitrogen and oxygen atoms in total. The maximum absolute atomic E-state index is 11.9. The summed E-state index contributed by atoms with van der Waals surface area (Å²) in [6.07, 6.45) is 3.88. The predicted molar refractivity (Wildman–Crippen MR) is 84.1 cm³/mol. The molecule has 0 saturated carbocycles. The van der Waals surface area contributed by atoms with Crippen LogP contribution in [-0.2, 0) is 14.6 Å². The van der Waals surface area contributed by atoms with E-state index < -0.39 is 9.84 Å². The van der Waals surface area contributed by atoms with Crippen LogP contribution in [-0.4, -0.2) is 69.9 Å². The van der Waals surface area contributed by atoms with Crippen LogP contribution in [0.25, 0.3) is 0 Å². The average Bonchev–Trinajstić information content (AvgIpc) is 2.93. The van der Waals surface area contributed by atoms with Crippen molar-refractivity contribution >= 4 is 21.7 Å². The lowest BCUT2D eigenvalue weighted by atomic mass is 10.4. The molecular weight excluding hydrogens is 292 g/mol. The predicted octanol–water partition coefficient (Wildman–Crippen LogP) is -0.401. The molecule has 1 heterocycles. The molecular formula is C13H26N4O3S. The van der Waals surface area contributed by atoms with Gasteiger partial charge in [0.05, 0.1) is 5.75 Å². The first-order valence-corrected chi connectivity index (χ1v) is 9.46. The second-order valence-electron chi connectivity index (χ2n) is 5.19. The van der Waals surface area contributed by atoms with Gasteiger partial charge in [-0.25, -0.2) is 13.4 Å². The lowest BCUT2D eigenvalue weighted by Gasteiger charge is -2.15. The van der Waals surface area contributed by atoms with Gasteiger partial charge in [-0.2, -0.15) is 0 Å². The number of rotatable bonds is 7. The molecule has 0 unspecified atom stereocenters. The van der Waals surface area contributed by atoms with Gasteiger partial charge < -0.3 is 15.5 Å². The van der Waals surface area contributed by atoms with Crippen LogP contribution in [0.2, 0.25) is 0 Å². The number of nitrogens with one attached hydrogen (secondary N) is 2. The number of sulfone groups is 1. The zero-order valence-corrected chi connectivity index (χ0v) is 13.7. The van der Waals surface area contributed by atoms with E-state index in [-0.39, 0.29) is 18.2 Å². The quantitative estimate of drug-likeness (QED) is 0.379. The number of carbonyl (C=O) groups excluding carboxylic acids is 1. The first-order valence-electron chi connectivity index (χ1n) is 7.40. The Balaban J connectivity index is 2.36. The molecule has 0 aromatic rings. The Morgan fingerprint density at radius 3 is 2.48 bits per heavy atom. The van der Waals surface area contributed by atoms with Crippen molar-refractivity contribution in [3.8, 4) is 0 Å². The third kappa shape index (κ3) is 7.89. The molecule has 1 amide bonds. The molecule has 21 heavy (non-hydrogen) atoms. The molecule has 1 saturated heterocycles. The summed E-state index contributed by atoms with van der Waals surface area (Å²) < 4.78 is 22.1. The zero-order chi connectivity index (χ0) is 15.7. The Kier molecular flexibility index (Phi) is 7.49. The van der Waals surface area contributed by atoms with Crippen LogP contribution in [0.3, 0.4) is 0 Å². The number of amides is 1. The largest absolute Gasteiger partial charge is 0.357 e. The van der Waals surface area contributed by atoms with E-state index in [1.54, 1.807) is 0 Å².